The van der Waals surface area contributed by atoms with Gasteiger partial charge in [-0.2, -0.15) is 0 Å². The van der Waals surface area contributed by atoms with Gasteiger partial charge < -0.3 is 10.6 Å². The Labute approximate surface area is 142 Å². The number of fused-ring (bicyclic) bond motifs is 1. The third kappa shape index (κ3) is 3.83. The lowest BCUT2D eigenvalue weighted by Gasteiger charge is -2.15. The van der Waals surface area contributed by atoms with Crippen LogP contribution in [0.4, 0.5) is 5.69 Å². The Bertz CT molecular complexity index is 819. The van der Waals surface area contributed by atoms with Gasteiger partial charge in [0.1, 0.15) is 0 Å². The summed E-state index contributed by atoms with van der Waals surface area (Å²) < 4.78 is 24.5. The van der Waals surface area contributed by atoms with E-state index >= 15 is 0 Å². The highest BCUT2D eigenvalue weighted by Crippen LogP contribution is 2.21. The molecule has 0 saturated heterocycles. The highest BCUT2D eigenvalue weighted by molar-refractivity contribution is 7.91. The Morgan fingerprint density at radius 1 is 1.04 bits per heavy atom. The largest absolute Gasteiger partial charge is 0.324 e. The zero-order valence-corrected chi connectivity index (χ0v) is 14.1. The quantitative estimate of drug-likeness (QED) is 0.870. The average Bonchev–Trinajstić information content (AvgIpc) is 2.75. The molecule has 0 saturated carbocycles. The second-order valence-corrected chi connectivity index (χ2v) is 7.93. The minimum Gasteiger partial charge on any atom is -0.324 e. The van der Waals surface area contributed by atoms with E-state index in [0.717, 1.165) is 17.7 Å². The summed E-state index contributed by atoms with van der Waals surface area (Å²) in [5.74, 6) is -0.148. The van der Waals surface area contributed by atoms with E-state index in [1.165, 1.54) is 0 Å². The number of hydrogen-bond donors (Lipinski definition) is 2. The van der Waals surface area contributed by atoms with Crippen molar-refractivity contribution in [2.24, 2.45) is 0 Å². The van der Waals surface area contributed by atoms with E-state index in [1.54, 1.807) is 30.3 Å². The molecule has 0 spiro atoms. The summed E-state index contributed by atoms with van der Waals surface area (Å²) in [6.07, 6.45) is 1.42. The summed E-state index contributed by atoms with van der Waals surface area (Å²) in [5.41, 5.74) is 1.94. The van der Waals surface area contributed by atoms with Crippen molar-refractivity contribution in [2.45, 2.75) is 23.8 Å². The molecule has 6 heteroatoms. The number of carbonyl (C=O) groups is 1. The number of benzene rings is 2. The third-order valence-corrected chi connectivity index (χ3v) is 5.89. The second-order valence-electron chi connectivity index (χ2n) is 5.82. The molecule has 0 aliphatic carbocycles. The lowest BCUT2D eigenvalue weighted by molar-refractivity contribution is -0.118. The Morgan fingerprint density at radius 3 is 2.54 bits per heavy atom. The predicted molar refractivity (Wildman–Crippen MR) is 93.7 cm³/mol. The molecule has 0 bridgehead atoms. The van der Waals surface area contributed by atoms with Crippen LogP contribution in [0, 0.1) is 0 Å². The Balaban J connectivity index is 1.59. The molecular weight excluding hydrogens is 324 g/mol. The number of anilines is 1. The fourth-order valence-electron chi connectivity index (χ4n) is 2.82. The van der Waals surface area contributed by atoms with Gasteiger partial charge in [-0.25, -0.2) is 8.42 Å². The highest BCUT2D eigenvalue weighted by atomic mass is 32.2. The first-order chi connectivity index (χ1) is 11.6. The molecule has 1 amide bonds. The van der Waals surface area contributed by atoms with Crippen LogP contribution in [0.2, 0.25) is 0 Å². The van der Waals surface area contributed by atoms with Gasteiger partial charge in [0.25, 0.3) is 0 Å². The lowest BCUT2D eigenvalue weighted by atomic mass is 10.1. The van der Waals surface area contributed by atoms with Crippen LogP contribution in [0.15, 0.2) is 59.5 Å². The molecule has 1 heterocycles. The minimum absolute atomic E-state index is 0.0340. The molecule has 1 atom stereocenters. The fourth-order valence-corrected chi connectivity index (χ4v) is 4.01. The molecule has 0 fully saturated rings. The zero-order valence-electron chi connectivity index (χ0n) is 13.2. The summed E-state index contributed by atoms with van der Waals surface area (Å²) in [4.78, 5) is 12.6. The molecule has 0 aromatic heterocycles. The van der Waals surface area contributed by atoms with Gasteiger partial charge in [0.05, 0.1) is 16.7 Å². The van der Waals surface area contributed by atoms with Gasteiger partial charge in [-0.1, -0.05) is 36.4 Å². The molecule has 2 aromatic rings. The van der Waals surface area contributed by atoms with Crippen LogP contribution in [0.5, 0.6) is 0 Å². The molecule has 1 aliphatic heterocycles. The number of nitrogens with one attached hydrogen (secondary N) is 2. The van der Waals surface area contributed by atoms with Crippen LogP contribution in [-0.2, 0) is 21.1 Å². The van der Waals surface area contributed by atoms with E-state index < -0.39 is 9.84 Å². The Kier molecular flexibility index (Phi) is 4.97. The maximum Gasteiger partial charge on any atom is 0.241 e. The Morgan fingerprint density at radius 2 is 1.75 bits per heavy atom. The number of aryl methyl sites for hydroxylation is 1. The summed E-state index contributed by atoms with van der Waals surface area (Å²) in [6, 6.07) is 15.7. The van der Waals surface area contributed by atoms with Gasteiger partial charge in [0.2, 0.25) is 5.91 Å². The van der Waals surface area contributed by atoms with E-state index in [-0.39, 0.29) is 24.2 Å². The van der Waals surface area contributed by atoms with Crippen LogP contribution in [0.25, 0.3) is 0 Å². The number of rotatable bonds is 5. The molecule has 1 aliphatic rings. The van der Waals surface area contributed by atoms with Crippen molar-refractivity contribution in [1.29, 1.82) is 0 Å². The first-order valence-corrected chi connectivity index (χ1v) is 9.61. The van der Waals surface area contributed by atoms with Gasteiger partial charge in [-0.15, -0.1) is 0 Å². The molecule has 24 heavy (non-hydrogen) atoms. The normalized spacial score (nSPS) is 17.7. The monoisotopic (exact) mass is 344 g/mol. The summed E-state index contributed by atoms with van der Waals surface area (Å²) >= 11 is 0. The van der Waals surface area contributed by atoms with Crippen molar-refractivity contribution in [3.05, 3.63) is 60.2 Å². The maximum atomic E-state index is 12.3. The summed E-state index contributed by atoms with van der Waals surface area (Å²) in [7, 11) is -3.34. The first-order valence-electron chi connectivity index (χ1n) is 7.96. The van der Waals surface area contributed by atoms with Gasteiger partial charge in [-0.3, -0.25) is 4.79 Å². The van der Waals surface area contributed by atoms with Crippen molar-refractivity contribution < 1.29 is 13.2 Å². The van der Waals surface area contributed by atoms with Crippen molar-refractivity contribution in [2.75, 3.05) is 17.6 Å². The fraction of sp³-hybridized carbons (Fsp3) is 0.278. The summed E-state index contributed by atoms with van der Waals surface area (Å²) in [6.45, 7) is 0.242. The van der Waals surface area contributed by atoms with Gasteiger partial charge in [-0.05, 0) is 36.6 Å². The standard InChI is InChI=1S/C18H20N2O3S/c21-18-17(11-10-14-6-4-5-9-16(14)20-18)19-12-13-24(22,23)15-7-2-1-3-8-15/h1-9,17,19H,10-13H2,(H,20,21). The molecule has 2 aromatic carbocycles. The molecule has 0 radical (unpaired) electrons. The van der Waals surface area contributed by atoms with Crippen LogP contribution in [0.1, 0.15) is 12.0 Å². The van der Waals surface area contributed by atoms with E-state index in [4.69, 9.17) is 0 Å². The molecule has 5 nitrogen and oxygen atoms in total. The van der Waals surface area contributed by atoms with Gasteiger partial charge in [0.15, 0.2) is 9.84 Å². The molecule has 2 N–H and O–H groups in total. The number of carbonyl (C=O) groups excluding carboxylic acids is 1. The van der Waals surface area contributed by atoms with Crippen molar-refractivity contribution in [1.82, 2.24) is 5.32 Å². The van der Waals surface area contributed by atoms with Crippen molar-refractivity contribution in [3.63, 3.8) is 0 Å². The molecule has 126 valence electrons. The number of amides is 1. The maximum absolute atomic E-state index is 12.3. The van der Waals surface area contributed by atoms with Gasteiger partial charge >= 0.3 is 0 Å². The van der Waals surface area contributed by atoms with Crippen LogP contribution < -0.4 is 10.6 Å². The van der Waals surface area contributed by atoms with E-state index in [2.05, 4.69) is 10.6 Å². The lowest BCUT2D eigenvalue weighted by Crippen LogP contribution is -2.41. The average molecular weight is 344 g/mol. The first kappa shape index (κ1) is 16.7. The van der Waals surface area contributed by atoms with E-state index in [9.17, 15) is 13.2 Å². The van der Waals surface area contributed by atoms with Crippen molar-refractivity contribution >= 4 is 21.4 Å². The summed E-state index contributed by atoms with van der Waals surface area (Å²) in [5, 5.41) is 5.98. The predicted octanol–water partition coefficient (Wildman–Crippen LogP) is 2.00. The molecule has 3 rings (SSSR count). The number of hydrogen-bond acceptors (Lipinski definition) is 4. The topological polar surface area (TPSA) is 75.3 Å². The molecule has 1 unspecified atom stereocenters. The van der Waals surface area contributed by atoms with E-state index in [0.29, 0.717) is 11.3 Å². The van der Waals surface area contributed by atoms with Crippen LogP contribution >= 0.6 is 0 Å². The molecular formula is C18H20N2O3S. The third-order valence-electron chi connectivity index (χ3n) is 4.16. The van der Waals surface area contributed by atoms with Crippen LogP contribution in [-0.4, -0.2) is 32.7 Å². The SMILES string of the molecule is O=C1Nc2ccccc2CCC1NCCS(=O)(=O)c1ccccc1. The highest BCUT2D eigenvalue weighted by Gasteiger charge is 2.23. The van der Waals surface area contributed by atoms with Gasteiger partial charge in [0, 0.05) is 12.2 Å². The minimum atomic E-state index is -3.34. The zero-order chi connectivity index (χ0) is 17.0. The van der Waals surface area contributed by atoms with Crippen LogP contribution in [0.3, 0.4) is 0 Å². The van der Waals surface area contributed by atoms with E-state index in [1.807, 2.05) is 24.3 Å². The second kappa shape index (κ2) is 7.15. The van der Waals surface area contributed by atoms with Crippen molar-refractivity contribution in [3.8, 4) is 0 Å². The number of sulfone groups is 1. The smallest absolute Gasteiger partial charge is 0.241 e. The Hall–Kier alpha value is -2.18. The number of para-hydroxylation sites is 1.